The second kappa shape index (κ2) is 13.5. The Bertz CT molecular complexity index is 322. The van der Waals surface area contributed by atoms with Gasteiger partial charge in [-0.15, -0.1) is 0 Å². The van der Waals surface area contributed by atoms with Gasteiger partial charge in [-0.05, 0) is 54.4 Å². The van der Waals surface area contributed by atoms with E-state index in [-0.39, 0.29) is 0 Å². The highest BCUT2D eigenvalue weighted by molar-refractivity contribution is 5.76. The molecule has 3 nitrogen and oxygen atoms in total. The van der Waals surface area contributed by atoms with Gasteiger partial charge in [-0.25, -0.2) is 0 Å². The molecule has 0 aliphatic rings. The topological polar surface area (TPSA) is 9.49 Å². The van der Waals surface area contributed by atoms with Crippen LogP contribution < -0.4 is 0 Å². The molecule has 144 valence electrons. The molecule has 0 saturated heterocycles. The highest BCUT2D eigenvalue weighted by Crippen LogP contribution is 2.12. The largest absolute Gasteiger partial charge is 0.350 e. The molecule has 0 radical (unpaired) electrons. The van der Waals surface area contributed by atoms with E-state index in [4.69, 9.17) is 0 Å². The van der Waals surface area contributed by atoms with E-state index in [1.165, 1.54) is 57.6 Å². The molecule has 0 atom stereocenters. The fourth-order valence-electron chi connectivity index (χ4n) is 3.48. The maximum atomic E-state index is 2.69. The predicted octanol–water partition coefficient (Wildman–Crippen LogP) is 5.20. The molecule has 0 N–H and O–H groups in total. The predicted molar refractivity (Wildman–Crippen MR) is 109 cm³/mol. The Hall–Kier alpha value is -0.730. The van der Waals surface area contributed by atoms with Crippen molar-refractivity contribution in [3.63, 3.8) is 0 Å². The molecule has 0 aliphatic carbocycles. The van der Waals surface area contributed by atoms with Crippen molar-refractivity contribution in [1.82, 2.24) is 9.80 Å². The molecule has 0 aliphatic heterocycles. The summed E-state index contributed by atoms with van der Waals surface area (Å²) < 4.78 is 2.69. The molecule has 0 heterocycles. The summed E-state index contributed by atoms with van der Waals surface area (Å²) >= 11 is 0. The fraction of sp³-hybridized carbons (Fsp3) is 0.952. The van der Waals surface area contributed by atoms with Gasteiger partial charge in [-0.3, -0.25) is 14.4 Å². The highest BCUT2D eigenvalue weighted by Gasteiger charge is 2.31. The van der Waals surface area contributed by atoms with Gasteiger partial charge in [-0.2, -0.15) is 0 Å². The third-order valence-electron chi connectivity index (χ3n) is 4.74. The normalized spacial score (nSPS) is 12.8. The van der Waals surface area contributed by atoms with Crippen molar-refractivity contribution >= 4 is 5.96 Å². The molecule has 3 heteroatoms. The molecule has 0 aromatic rings. The highest BCUT2D eigenvalue weighted by atomic mass is 15.4. The Labute approximate surface area is 153 Å². The number of nitrogens with zero attached hydrogens (tertiary/aromatic N) is 3. The zero-order valence-electron chi connectivity index (χ0n) is 18.1. The van der Waals surface area contributed by atoms with E-state index in [1.807, 2.05) is 0 Å². The third-order valence-corrected chi connectivity index (χ3v) is 4.74. The first kappa shape index (κ1) is 23.3. The van der Waals surface area contributed by atoms with Crippen molar-refractivity contribution in [1.29, 1.82) is 0 Å². The summed E-state index contributed by atoms with van der Waals surface area (Å²) in [5, 5.41) is 0. The van der Waals surface area contributed by atoms with Gasteiger partial charge in [0.1, 0.15) is 0 Å². The minimum absolute atomic E-state index is 0.528. The standard InChI is InChI=1S/C21H46N3/c1-9-13-15-16-18-23(17-14-10-2)21(22(11-3)12-4)24(19(5)6)20(7)8/h19-20H,9-18H2,1-8H3/q+1. The molecular weight excluding hydrogens is 294 g/mol. The summed E-state index contributed by atoms with van der Waals surface area (Å²) in [6.45, 7) is 23.0. The van der Waals surface area contributed by atoms with E-state index < -0.39 is 0 Å². The van der Waals surface area contributed by atoms with Gasteiger partial charge in [-0.1, -0.05) is 39.5 Å². The Morgan fingerprint density at radius 1 is 0.708 bits per heavy atom. The van der Waals surface area contributed by atoms with Crippen LogP contribution in [0.5, 0.6) is 0 Å². The van der Waals surface area contributed by atoms with Crippen LogP contribution >= 0.6 is 0 Å². The van der Waals surface area contributed by atoms with Crippen LogP contribution in [0.2, 0.25) is 0 Å². The van der Waals surface area contributed by atoms with E-state index in [0.29, 0.717) is 12.1 Å². The Kier molecular flexibility index (Phi) is 13.1. The van der Waals surface area contributed by atoms with E-state index in [0.717, 1.165) is 13.1 Å². The molecule has 0 amide bonds. The maximum absolute atomic E-state index is 2.69. The van der Waals surface area contributed by atoms with E-state index in [1.54, 1.807) is 0 Å². The molecule has 0 aromatic carbocycles. The zero-order chi connectivity index (χ0) is 18.5. The molecular formula is C21H46N3+. The van der Waals surface area contributed by atoms with Crippen molar-refractivity contribution in [3.05, 3.63) is 0 Å². The Balaban J connectivity index is 5.70. The van der Waals surface area contributed by atoms with Crippen LogP contribution in [0.3, 0.4) is 0 Å². The molecule has 0 bridgehead atoms. The minimum atomic E-state index is 0.528. The first-order chi connectivity index (χ1) is 11.4. The molecule has 0 fully saturated rings. The van der Waals surface area contributed by atoms with Crippen molar-refractivity contribution in [2.24, 2.45) is 0 Å². The lowest BCUT2D eigenvalue weighted by Crippen LogP contribution is -2.55. The van der Waals surface area contributed by atoms with Gasteiger partial charge in [0.2, 0.25) is 0 Å². The molecule has 24 heavy (non-hydrogen) atoms. The number of guanidine groups is 1. The molecule has 0 saturated carbocycles. The van der Waals surface area contributed by atoms with E-state index >= 15 is 0 Å². The van der Waals surface area contributed by atoms with Crippen LogP contribution in [0.4, 0.5) is 0 Å². The molecule has 0 unspecified atom stereocenters. The zero-order valence-corrected chi connectivity index (χ0v) is 18.1. The van der Waals surface area contributed by atoms with Gasteiger partial charge in [0.05, 0.1) is 38.3 Å². The average Bonchev–Trinajstić information content (AvgIpc) is 2.53. The first-order valence-electron chi connectivity index (χ1n) is 10.6. The van der Waals surface area contributed by atoms with Crippen molar-refractivity contribution in [3.8, 4) is 0 Å². The maximum Gasteiger partial charge on any atom is 0.350 e. The second-order valence-corrected chi connectivity index (χ2v) is 7.47. The molecule has 0 aromatic heterocycles. The summed E-state index contributed by atoms with van der Waals surface area (Å²) in [6, 6.07) is 1.06. The smallest absolute Gasteiger partial charge is 0.265 e. The lowest BCUT2D eigenvalue weighted by molar-refractivity contribution is -0.539. The van der Waals surface area contributed by atoms with Gasteiger partial charge in [0, 0.05) is 0 Å². The number of hydrogen-bond acceptors (Lipinski definition) is 0. The number of rotatable bonds is 12. The fourth-order valence-corrected chi connectivity index (χ4v) is 3.48. The monoisotopic (exact) mass is 340 g/mol. The summed E-state index contributed by atoms with van der Waals surface area (Å²) in [6.07, 6.45) is 7.88. The lowest BCUT2D eigenvalue weighted by Gasteiger charge is -2.34. The van der Waals surface area contributed by atoms with Crippen LogP contribution in [0.25, 0.3) is 0 Å². The summed E-state index contributed by atoms with van der Waals surface area (Å²) in [5.41, 5.74) is 0. The van der Waals surface area contributed by atoms with Crippen LogP contribution in [-0.4, -0.2) is 58.6 Å². The quantitative estimate of drug-likeness (QED) is 0.209. The lowest BCUT2D eigenvalue weighted by atomic mass is 10.2. The summed E-state index contributed by atoms with van der Waals surface area (Å²) in [4.78, 5) is 5.19. The van der Waals surface area contributed by atoms with Crippen molar-refractivity contribution in [2.45, 2.75) is 106 Å². The Morgan fingerprint density at radius 2 is 1.21 bits per heavy atom. The van der Waals surface area contributed by atoms with Crippen LogP contribution in [0.1, 0.15) is 93.9 Å². The third kappa shape index (κ3) is 7.90. The number of hydrogen-bond donors (Lipinski definition) is 0. The van der Waals surface area contributed by atoms with Crippen molar-refractivity contribution in [2.75, 3.05) is 26.2 Å². The van der Waals surface area contributed by atoms with E-state index in [9.17, 15) is 0 Å². The molecule has 0 spiro atoms. The number of unbranched alkanes of at least 4 members (excludes halogenated alkanes) is 4. The summed E-state index contributed by atoms with van der Waals surface area (Å²) in [7, 11) is 0. The van der Waals surface area contributed by atoms with Gasteiger partial charge in [0.25, 0.3) is 0 Å². The van der Waals surface area contributed by atoms with Crippen LogP contribution in [-0.2, 0) is 0 Å². The van der Waals surface area contributed by atoms with Crippen molar-refractivity contribution < 1.29 is 4.58 Å². The van der Waals surface area contributed by atoms with E-state index in [2.05, 4.69) is 69.8 Å². The second-order valence-electron chi connectivity index (χ2n) is 7.47. The minimum Gasteiger partial charge on any atom is -0.265 e. The summed E-state index contributed by atoms with van der Waals surface area (Å²) in [5.74, 6) is 1.47. The van der Waals surface area contributed by atoms with Crippen LogP contribution in [0.15, 0.2) is 0 Å². The molecule has 0 rings (SSSR count). The average molecular weight is 341 g/mol. The van der Waals surface area contributed by atoms with Gasteiger partial charge < -0.3 is 0 Å². The SMILES string of the molecule is CCCCCC[N+](CCCC)=C(N(CC)CC)N(C(C)C)C(C)C. The first-order valence-corrected chi connectivity index (χ1v) is 10.6. The Morgan fingerprint density at radius 3 is 1.62 bits per heavy atom. The van der Waals surface area contributed by atoms with Gasteiger partial charge in [0.15, 0.2) is 0 Å². The van der Waals surface area contributed by atoms with Crippen LogP contribution in [0, 0.1) is 0 Å². The van der Waals surface area contributed by atoms with Gasteiger partial charge >= 0.3 is 5.96 Å².